The van der Waals surface area contributed by atoms with Gasteiger partial charge in [-0.25, -0.2) is 26.2 Å². The number of aryl methyl sites for hydroxylation is 3. The van der Waals surface area contributed by atoms with Crippen molar-refractivity contribution in [3.8, 4) is 5.69 Å². The first-order valence-corrected chi connectivity index (χ1v) is 18.8. The van der Waals surface area contributed by atoms with E-state index in [9.17, 15) is 16.8 Å². The van der Waals surface area contributed by atoms with Gasteiger partial charge in [-0.3, -0.25) is 0 Å². The Morgan fingerprint density at radius 1 is 0.653 bits per heavy atom. The third kappa shape index (κ3) is 6.39. The molecule has 0 spiro atoms. The van der Waals surface area contributed by atoms with Crippen LogP contribution in [0.25, 0.3) is 16.7 Å². The molecule has 12 nitrogen and oxygen atoms in total. The Bertz CT molecular complexity index is 2350. The minimum atomic E-state index is -3.98. The van der Waals surface area contributed by atoms with Crippen molar-refractivity contribution >= 4 is 31.1 Å². The standard InChI is InChI=1S/C35H36N8O4S2/c1-25-10-14-29(15-11-25)48(44,45)40-18-7-19-41(49(46,47)30-16-12-26(2)13-17-30)24-34-31(23-40)36-39-43(34)33-21-27(3)20-32-35(33)37-38-42(32)22-28-8-5-4-6-9-28/h4-6,8-17,20-21H,7,18-19,22-24H2,1-3H3. The van der Waals surface area contributed by atoms with E-state index in [1.54, 1.807) is 53.2 Å². The fourth-order valence-corrected chi connectivity index (χ4v) is 8.95. The van der Waals surface area contributed by atoms with Crippen molar-refractivity contribution < 1.29 is 16.8 Å². The Labute approximate surface area is 285 Å². The van der Waals surface area contributed by atoms with Crippen molar-refractivity contribution in [2.45, 2.75) is 56.6 Å². The largest absolute Gasteiger partial charge is 0.243 e. The van der Waals surface area contributed by atoms with E-state index >= 15 is 0 Å². The van der Waals surface area contributed by atoms with E-state index in [1.165, 1.54) is 8.61 Å². The monoisotopic (exact) mass is 696 g/mol. The molecule has 3 heterocycles. The molecule has 0 amide bonds. The molecule has 0 saturated heterocycles. The number of aromatic nitrogens is 6. The van der Waals surface area contributed by atoms with Gasteiger partial charge in [0.15, 0.2) is 0 Å². The van der Waals surface area contributed by atoms with E-state index in [0.717, 1.165) is 27.8 Å². The number of hydrogen-bond acceptors (Lipinski definition) is 8. The van der Waals surface area contributed by atoms with Crippen LogP contribution in [0.5, 0.6) is 0 Å². The van der Waals surface area contributed by atoms with Gasteiger partial charge in [0.2, 0.25) is 20.0 Å². The smallest absolute Gasteiger partial charge is 0.240 e. The van der Waals surface area contributed by atoms with Gasteiger partial charge in [-0.2, -0.15) is 8.61 Å². The lowest BCUT2D eigenvalue weighted by atomic mass is 10.1. The molecule has 1 aliphatic rings. The summed E-state index contributed by atoms with van der Waals surface area (Å²) in [4.78, 5) is 0.315. The van der Waals surface area contributed by atoms with Crippen molar-refractivity contribution in [2.75, 3.05) is 13.1 Å². The Kier molecular flexibility index (Phi) is 8.65. The topological polar surface area (TPSA) is 136 Å². The van der Waals surface area contributed by atoms with Crippen LogP contribution in [0.3, 0.4) is 0 Å². The first-order valence-electron chi connectivity index (χ1n) is 16.0. The summed E-state index contributed by atoms with van der Waals surface area (Å²) in [5.74, 6) is 0. The zero-order valence-corrected chi connectivity index (χ0v) is 29.1. The molecule has 6 aromatic rings. The summed E-state index contributed by atoms with van der Waals surface area (Å²) in [6.07, 6.45) is 0.274. The van der Waals surface area contributed by atoms with Crippen LogP contribution >= 0.6 is 0 Å². The fourth-order valence-electron chi connectivity index (χ4n) is 6.07. The Morgan fingerprint density at radius 2 is 1.24 bits per heavy atom. The van der Waals surface area contributed by atoms with Crippen LogP contribution in [-0.4, -0.2) is 68.5 Å². The van der Waals surface area contributed by atoms with Gasteiger partial charge >= 0.3 is 0 Å². The molecular weight excluding hydrogens is 661 g/mol. The van der Waals surface area contributed by atoms with Gasteiger partial charge < -0.3 is 0 Å². The van der Waals surface area contributed by atoms with Gasteiger partial charge in [0.25, 0.3) is 0 Å². The van der Waals surface area contributed by atoms with Crippen LogP contribution in [0.4, 0.5) is 0 Å². The van der Waals surface area contributed by atoms with E-state index in [-0.39, 0.29) is 42.4 Å². The summed E-state index contributed by atoms with van der Waals surface area (Å²) < 4.78 is 62.4. The Morgan fingerprint density at radius 3 is 1.86 bits per heavy atom. The van der Waals surface area contributed by atoms with E-state index < -0.39 is 20.0 Å². The van der Waals surface area contributed by atoms with E-state index in [1.807, 2.05) is 67.9 Å². The van der Waals surface area contributed by atoms with Gasteiger partial charge in [0, 0.05) is 13.1 Å². The number of sulfonamides is 2. The predicted octanol–water partition coefficient (Wildman–Crippen LogP) is 4.77. The summed E-state index contributed by atoms with van der Waals surface area (Å²) in [6.45, 7) is 6.26. The molecule has 252 valence electrons. The molecule has 14 heteroatoms. The molecule has 0 saturated carbocycles. The number of hydrogen-bond donors (Lipinski definition) is 0. The molecule has 0 unspecified atom stereocenters. The van der Waals surface area contributed by atoms with Crippen molar-refractivity contribution in [1.29, 1.82) is 0 Å². The number of rotatable bonds is 7. The van der Waals surface area contributed by atoms with Crippen molar-refractivity contribution in [3.05, 3.63) is 125 Å². The highest BCUT2D eigenvalue weighted by molar-refractivity contribution is 7.89. The summed E-state index contributed by atoms with van der Waals surface area (Å²) in [7, 11) is -7.93. The maximum Gasteiger partial charge on any atom is 0.243 e. The molecule has 0 aliphatic carbocycles. The second kappa shape index (κ2) is 12.9. The summed E-state index contributed by atoms with van der Waals surface area (Å²) in [5.41, 5.74) is 6.57. The number of nitrogens with zero attached hydrogens (tertiary/aromatic N) is 8. The molecular formula is C35H36N8O4S2. The Hall–Kier alpha value is -4.76. The maximum atomic E-state index is 14.1. The van der Waals surface area contributed by atoms with Crippen molar-refractivity contribution in [3.63, 3.8) is 0 Å². The highest BCUT2D eigenvalue weighted by atomic mass is 32.2. The van der Waals surface area contributed by atoms with E-state index in [0.29, 0.717) is 29.1 Å². The average molecular weight is 697 g/mol. The highest BCUT2D eigenvalue weighted by Gasteiger charge is 2.34. The van der Waals surface area contributed by atoms with E-state index in [2.05, 4.69) is 20.6 Å². The SMILES string of the molecule is Cc1ccc(S(=O)(=O)N2CCCN(S(=O)(=O)c3ccc(C)cc3)Cc3c(nnn3-c3cc(C)cc4c3nnn4Cc3ccccc3)C2)cc1. The van der Waals surface area contributed by atoms with Crippen molar-refractivity contribution in [1.82, 2.24) is 38.6 Å². The Balaban J connectivity index is 1.35. The zero-order chi connectivity index (χ0) is 34.3. The van der Waals surface area contributed by atoms with Gasteiger partial charge in [-0.1, -0.05) is 76.2 Å². The second-order valence-electron chi connectivity index (χ2n) is 12.4. The lowest BCUT2D eigenvalue weighted by Gasteiger charge is -2.23. The molecule has 49 heavy (non-hydrogen) atoms. The third-order valence-corrected chi connectivity index (χ3v) is 12.5. The fraction of sp³-hybridized carbons (Fsp3) is 0.257. The van der Waals surface area contributed by atoms with Gasteiger partial charge in [-0.05, 0) is 74.7 Å². The average Bonchev–Trinajstić information content (AvgIpc) is 3.69. The van der Waals surface area contributed by atoms with Crippen LogP contribution in [0.2, 0.25) is 0 Å². The molecule has 0 radical (unpaired) electrons. The normalized spacial score (nSPS) is 15.1. The molecule has 7 rings (SSSR count). The second-order valence-corrected chi connectivity index (χ2v) is 16.3. The van der Waals surface area contributed by atoms with Crippen LogP contribution in [-0.2, 0) is 39.7 Å². The first-order chi connectivity index (χ1) is 23.5. The van der Waals surface area contributed by atoms with Gasteiger partial charge in [0.05, 0.1) is 46.3 Å². The van der Waals surface area contributed by atoms with Crippen molar-refractivity contribution in [2.24, 2.45) is 0 Å². The van der Waals surface area contributed by atoms with Crippen LogP contribution in [0.15, 0.2) is 101 Å². The molecule has 4 aromatic carbocycles. The molecule has 0 bridgehead atoms. The zero-order valence-electron chi connectivity index (χ0n) is 27.4. The van der Waals surface area contributed by atoms with Crippen LogP contribution in [0.1, 0.15) is 40.1 Å². The minimum Gasteiger partial charge on any atom is -0.240 e. The van der Waals surface area contributed by atoms with Crippen LogP contribution < -0.4 is 0 Å². The molecule has 0 N–H and O–H groups in total. The first kappa shape index (κ1) is 32.8. The van der Waals surface area contributed by atoms with Crippen LogP contribution in [0, 0.1) is 20.8 Å². The molecule has 0 fully saturated rings. The summed E-state index contributed by atoms with van der Waals surface area (Å²) >= 11 is 0. The van der Waals surface area contributed by atoms with E-state index in [4.69, 9.17) is 0 Å². The van der Waals surface area contributed by atoms with Gasteiger partial charge in [-0.15, -0.1) is 10.2 Å². The predicted molar refractivity (Wildman–Crippen MR) is 185 cm³/mol. The quantitative estimate of drug-likeness (QED) is 0.233. The lowest BCUT2D eigenvalue weighted by molar-refractivity contribution is 0.361. The number of fused-ring (bicyclic) bond motifs is 2. The third-order valence-electron chi connectivity index (χ3n) is 8.78. The molecule has 2 aromatic heterocycles. The lowest BCUT2D eigenvalue weighted by Crippen LogP contribution is -2.34. The minimum absolute atomic E-state index is 0.0788. The number of benzene rings is 4. The maximum absolute atomic E-state index is 14.1. The summed E-state index contributed by atoms with van der Waals surface area (Å²) in [5, 5.41) is 18.0. The summed E-state index contributed by atoms with van der Waals surface area (Å²) in [6, 6.07) is 27.3. The molecule has 1 aliphatic heterocycles. The van der Waals surface area contributed by atoms with Gasteiger partial charge in [0.1, 0.15) is 11.2 Å². The highest BCUT2D eigenvalue weighted by Crippen LogP contribution is 2.29. The molecule has 0 atom stereocenters.